The van der Waals surface area contributed by atoms with Gasteiger partial charge in [0.25, 0.3) is 5.91 Å². The average Bonchev–Trinajstić information content (AvgIpc) is 3.69. The van der Waals surface area contributed by atoms with Gasteiger partial charge >= 0.3 is 5.97 Å². The number of phenols is 1. The lowest BCUT2D eigenvalue weighted by Crippen LogP contribution is -2.49. The lowest BCUT2D eigenvalue weighted by atomic mass is 9.95. The number of ether oxygens (including phenoxy) is 1. The number of benzene rings is 3. The van der Waals surface area contributed by atoms with Gasteiger partial charge in [0.2, 0.25) is 5.91 Å². The summed E-state index contributed by atoms with van der Waals surface area (Å²) in [7, 11) is 0. The second-order valence-corrected chi connectivity index (χ2v) is 15.8. The number of phenolic OH excluding ortho intramolecular Hbond substituents is 1. The van der Waals surface area contributed by atoms with Gasteiger partial charge in [-0.15, -0.1) is 11.3 Å². The minimum atomic E-state index is -1.11. The van der Waals surface area contributed by atoms with E-state index >= 15 is 0 Å². The number of aromatic nitrogens is 2. The smallest absolute Gasteiger partial charge is 0.305 e. The highest BCUT2D eigenvalue weighted by Gasteiger charge is 2.27. The molecule has 5 rings (SSSR count). The molecule has 2 atom stereocenters. The summed E-state index contributed by atoms with van der Waals surface area (Å²) < 4.78 is 5.90. The van der Waals surface area contributed by atoms with Crippen LogP contribution in [0, 0.1) is 0 Å². The Morgan fingerprint density at radius 1 is 0.782 bits per heavy atom. The van der Waals surface area contributed by atoms with E-state index in [0.717, 1.165) is 39.3 Å². The summed E-state index contributed by atoms with van der Waals surface area (Å²) in [5, 5.41) is 25.1. The molecular weight excluding hydrogens is 713 g/mol. The van der Waals surface area contributed by atoms with Gasteiger partial charge in [-0.25, -0.2) is 9.97 Å². The predicted molar refractivity (Wildman–Crippen MR) is 216 cm³/mol. The fraction of sp³-hybridized carbons (Fsp3) is 0.341. The maximum Gasteiger partial charge on any atom is 0.305 e. The van der Waals surface area contributed by atoms with E-state index < -0.39 is 29.9 Å². The van der Waals surface area contributed by atoms with E-state index in [4.69, 9.17) is 4.74 Å². The second-order valence-electron chi connectivity index (χ2n) is 14.7. The van der Waals surface area contributed by atoms with Gasteiger partial charge in [-0.1, -0.05) is 102 Å². The van der Waals surface area contributed by atoms with E-state index in [-0.39, 0.29) is 24.0 Å². The first-order valence-electron chi connectivity index (χ1n) is 18.8. The van der Waals surface area contributed by atoms with Crippen LogP contribution in [0.1, 0.15) is 97.9 Å². The minimum absolute atomic E-state index is 0.0174. The largest absolute Gasteiger partial charge is 0.508 e. The number of unbranched alkanes of at least 4 members (excludes halogenated alkanes) is 4. The summed E-state index contributed by atoms with van der Waals surface area (Å²) in [5.74, 6) is -0.642. The number of carbonyl (C=O) groups is 3. The topological polar surface area (TPSA) is 151 Å². The molecule has 10 nitrogen and oxygen atoms in total. The van der Waals surface area contributed by atoms with Crippen LogP contribution in [-0.2, 0) is 21.4 Å². The third-order valence-electron chi connectivity index (χ3n) is 9.19. The van der Waals surface area contributed by atoms with Crippen molar-refractivity contribution in [2.75, 3.05) is 6.61 Å². The maximum atomic E-state index is 13.9. The molecule has 11 heteroatoms. The zero-order valence-electron chi connectivity index (χ0n) is 31.9. The third-order valence-corrected chi connectivity index (χ3v) is 10.7. The van der Waals surface area contributed by atoms with Crippen molar-refractivity contribution >= 4 is 29.1 Å². The zero-order valence-corrected chi connectivity index (χ0v) is 32.7. The molecule has 0 aliphatic heterocycles. The summed E-state index contributed by atoms with van der Waals surface area (Å²) >= 11 is 1.37. The summed E-state index contributed by atoms with van der Waals surface area (Å²) in [5.41, 5.74) is 3.78. The molecule has 2 amide bonds. The van der Waals surface area contributed by atoms with Crippen LogP contribution in [0.2, 0.25) is 0 Å². The summed E-state index contributed by atoms with van der Waals surface area (Å²) in [4.78, 5) is 49.9. The number of carboxylic acids is 1. The van der Waals surface area contributed by atoms with Crippen LogP contribution in [0.15, 0.2) is 97.3 Å². The molecule has 0 saturated carbocycles. The number of thiophene rings is 1. The van der Waals surface area contributed by atoms with E-state index in [1.54, 1.807) is 30.6 Å². The van der Waals surface area contributed by atoms with Crippen LogP contribution in [0.5, 0.6) is 11.5 Å². The molecule has 0 radical (unpaired) electrons. The molecule has 5 aromatic rings. The Morgan fingerprint density at radius 3 is 2.05 bits per heavy atom. The van der Waals surface area contributed by atoms with Crippen molar-refractivity contribution in [3.05, 3.63) is 118 Å². The molecule has 0 bridgehead atoms. The van der Waals surface area contributed by atoms with Crippen LogP contribution in [0.4, 0.5) is 0 Å². The number of nitrogens with zero attached hydrogens (tertiary/aromatic N) is 2. The lowest BCUT2D eigenvalue weighted by Gasteiger charge is -2.23. The molecule has 0 saturated heterocycles. The number of nitrogens with one attached hydrogen (secondary N) is 2. The van der Waals surface area contributed by atoms with Gasteiger partial charge in [-0.05, 0) is 64.9 Å². The highest BCUT2D eigenvalue weighted by molar-refractivity contribution is 7.14. The molecule has 55 heavy (non-hydrogen) atoms. The van der Waals surface area contributed by atoms with Gasteiger partial charge in [0.15, 0.2) is 5.82 Å². The van der Waals surface area contributed by atoms with Gasteiger partial charge in [0.05, 0.1) is 23.9 Å². The number of amides is 2. The van der Waals surface area contributed by atoms with Crippen molar-refractivity contribution in [1.82, 2.24) is 20.6 Å². The van der Waals surface area contributed by atoms with E-state index in [1.807, 2.05) is 54.6 Å². The average molecular weight is 763 g/mol. The van der Waals surface area contributed by atoms with Crippen molar-refractivity contribution in [1.29, 1.82) is 0 Å². The summed E-state index contributed by atoms with van der Waals surface area (Å²) in [6.07, 6.45) is 9.30. The van der Waals surface area contributed by atoms with Crippen LogP contribution >= 0.6 is 11.3 Å². The van der Waals surface area contributed by atoms with Gasteiger partial charge < -0.3 is 25.6 Å². The summed E-state index contributed by atoms with van der Waals surface area (Å²) in [6.45, 7) is 9.12. The molecule has 3 aromatic carbocycles. The van der Waals surface area contributed by atoms with Gasteiger partial charge in [-0.2, -0.15) is 0 Å². The molecule has 2 aromatic heterocycles. The molecule has 0 aliphatic rings. The Balaban J connectivity index is 1.28. The molecule has 4 N–H and O–H groups in total. The number of hydrogen-bond donors (Lipinski definition) is 4. The highest BCUT2D eigenvalue weighted by Crippen LogP contribution is 2.30. The second kappa shape index (κ2) is 19.2. The van der Waals surface area contributed by atoms with E-state index in [2.05, 4.69) is 48.3 Å². The molecule has 0 fully saturated rings. The van der Waals surface area contributed by atoms with Crippen molar-refractivity contribution in [3.8, 4) is 34.0 Å². The zero-order chi connectivity index (χ0) is 39.4. The Labute approximate surface area is 327 Å². The Kier molecular flexibility index (Phi) is 14.2. The van der Waals surface area contributed by atoms with E-state index in [1.165, 1.54) is 49.2 Å². The van der Waals surface area contributed by atoms with Crippen molar-refractivity contribution in [3.63, 3.8) is 0 Å². The predicted octanol–water partition coefficient (Wildman–Crippen LogP) is 8.90. The van der Waals surface area contributed by atoms with Gasteiger partial charge in [-0.3, -0.25) is 14.4 Å². The number of carbonyl (C=O) groups excluding carboxylic acids is 2. The Bertz CT molecular complexity index is 2000. The molecular formula is C44H50N4O6S. The van der Waals surface area contributed by atoms with Crippen molar-refractivity contribution in [2.45, 2.75) is 90.1 Å². The number of hydrogen-bond acceptors (Lipinski definition) is 8. The fourth-order valence-corrected chi connectivity index (χ4v) is 6.97. The third kappa shape index (κ3) is 12.0. The molecule has 288 valence electrons. The fourth-order valence-electron chi connectivity index (χ4n) is 6.00. The van der Waals surface area contributed by atoms with Crippen LogP contribution in [0.25, 0.3) is 22.5 Å². The van der Waals surface area contributed by atoms with Crippen LogP contribution in [0.3, 0.4) is 0 Å². The molecule has 2 heterocycles. The SMILES string of the molecule is CCCCCCCOc1ccc(-c2cnc(-c3ccc(CC(NC(=O)c4ccc(C(C)(C)C)s4)C(=O)NC(CC(=O)O)c4ccc(O)cc4)cc3)nc2)cc1. The van der Waals surface area contributed by atoms with Gasteiger partial charge in [0, 0.05) is 34.8 Å². The van der Waals surface area contributed by atoms with E-state index in [9.17, 15) is 24.6 Å². The Morgan fingerprint density at radius 2 is 1.44 bits per heavy atom. The van der Waals surface area contributed by atoms with E-state index in [0.29, 0.717) is 22.9 Å². The van der Waals surface area contributed by atoms with Crippen molar-refractivity contribution in [2.24, 2.45) is 0 Å². The highest BCUT2D eigenvalue weighted by atomic mass is 32.1. The number of aliphatic carboxylic acids is 1. The first kappa shape index (κ1) is 40.6. The lowest BCUT2D eigenvalue weighted by molar-refractivity contribution is -0.137. The Hall–Kier alpha value is -5.55. The minimum Gasteiger partial charge on any atom is -0.508 e. The maximum absolute atomic E-state index is 13.9. The standard InChI is InChI=1S/C44H50N4O6S/c1-5-6-7-8-9-24-54-35-20-16-30(17-21-35)33-27-45-41(46-28-33)32-12-10-29(11-13-32)25-37(48-43(53)38-22-23-39(55-38)44(2,3)4)42(52)47-36(26-40(50)51)31-14-18-34(49)19-15-31/h10-23,27-28,36-37,49H,5-9,24-26H2,1-4H3,(H,47,52)(H,48,53)(H,50,51). The van der Waals surface area contributed by atoms with Crippen LogP contribution < -0.4 is 15.4 Å². The first-order chi connectivity index (χ1) is 26.4. The quantitative estimate of drug-likeness (QED) is 0.0647. The van der Waals surface area contributed by atoms with Crippen LogP contribution in [-0.4, -0.2) is 50.6 Å². The number of rotatable bonds is 18. The normalized spacial score (nSPS) is 12.4. The number of aromatic hydroxyl groups is 1. The monoisotopic (exact) mass is 762 g/mol. The number of carboxylic acid groups (broad SMARTS) is 1. The molecule has 2 unspecified atom stereocenters. The molecule has 0 spiro atoms. The summed E-state index contributed by atoms with van der Waals surface area (Å²) in [6, 6.07) is 23.1. The van der Waals surface area contributed by atoms with Gasteiger partial charge in [0.1, 0.15) is 17.5 Å². The molecule has 0 aliphatic carbocycles. The van der Waals surface area contributed by atoms with Crippen molar-refractivity contribution < 1.29 is 29.3 Å². The first-order valence-corrected chi connectivity index (χ1v) is 19.6.